The summed E-state index contributed by atoms with van der Waals surface area (Å²) < 4.78 is 0. The molecule has 104 valence electrons. The van der Waals surface area contributed by atoms with E-state index < -0.39 is 5.97 Å². The summed E-state index contributed by atoms with van der Waals surface area (Å²) in [7, 11) is 2.14. The molecule has 0 aliphatic carbocycles. The molecular formula is C13H20N4O2. The van der Waals surface area contributed by atoms with Crippen LogP contribution in [0.5, 0.6) is 0 Å². The standard InChI is InChI=1S/C13H20N4O2/c1-9-7-11(12(18)19)16-13(15-9)14-5-3-10-4-6-17(2)8-10/h7,10H,3-6,8H2,1-2H3,(H,18,19)(H,14,15,16). The van der Waals surface area contributed by atoms with E-state index in [9.17, 15) is 4.79 Å². The van der Waals surface area contributed by atoms with E-state index in [0.717, 1.165) is 26.1 Å². The monoisotopic (exact) mass is 264 g/mol. The minimum atomic E-state index is -1.02. The third-order valence-corrected chi connectivity index (χ3v) is 3.40. The van der Waals surface area contributed by atoms with Crippen LogP contribution in [0.15, 0.2) is 6.07 Å². The smallest absolute Gasteiger partial charge is 0.354 e. The van der Waals surface area contributed by atoms with Crippen molar-refractivity contribution in [2.24, 2.45) is 5.92 Å². The Morgan fingerprint density at radius 1 is 1.58 bits per heavy atom. The number of likely N-dealkylation sites (tertiary alicyclic amines) is 1. The number of carboxylic acids is 1. The zero-order valence-electron chi connectivity index (χ0n) is 11.4. The van der Waals surface area contributed by atoms with E-state index in [-0.39, 0.29) is 5.69 Å². The molecule has 6 heteroatoms. The molecule has 19 heavy (non-hydrogen) atoms. The number of nitrogens with zero attached hydrogens (tertiary/aromatic N) is 3. The fourth-order valence-electron chi connectivity index (χ4n) is 2.41. The zero-order valence-corrected chi connectivity index (χ0v) is 11.4. The maximum absolute atomic E-state index is 10.9. The molecule has 0 spiro atoms. The van der Waals surface area contributed by atoms with E-state index in [1.807, 2.05) is 0 Å². The van der Waals surface area contributed by atoms with E-state index in [0.29, 0.717) is 17.6 Å². The number of carboxylic acid groups (broad SMARTS) is 1. The van der Waals surface area contributed by atoms with Crippen LogP contribution < -0.4 is 5.32 Å². The van der Waals surface area contributed by atoms with Crippen LogP contribution in [0.25, 0.3) is 0 Å². The number of rotatable bonds is 5. The lowest BCUT2D eigenvalue weighted by Crippen LogP contribution is -2.16. The van der Waals surface area contributed by atoms with Crippen molar-refractivity contribution in [1.29, 1.82) is 0 Å². The van der Waals surface area contributed by atoms with Crippen molar-refractivity contribution in [3.8, 4) is 0 Å². The third kappa shape index (κ3) is 3.89. The second-order valence-electron chi connectivity index (χ2n) is 5.16. The quantitative estimate of drug-likeness (QED) is 0.833. The van der Waals surface area contributed by atoms with Gasteiger partial charge in [0.1, 0.15) is 0 Å². The molecule has 1 atom stereocenters. The molecule has 2 heterocycles. The fourth-order valence-corrected chi connectivity index (χ4v) is 2.41. The highest BCUT2D eigenvalue weighted by Crippen LogP contribution is 2.17. The second-order valence-corrected chi connectivity index (χ2v) is 5.16. The molecule has 1 aliphatic heterocycles. The van der Waals surface area contributed by atoms with Crippen LogP contribution in [0.2, 0.25) is 0 Å². The predicted octanol–water partition coefficient (Wildman–Crippen LogP) is 1.24. The highest BCUT2D eigenvalue weighted by atomic mass is 16.4. The Morgan fingerprint density at radius 3 is 3.00 bits per heavy atom. The summed E-state index contributed by atoms with van der Waals surface area (Å²) in [5, 5.41) is 12.1. The molecule has 0 amide bonds. The number of hydrogen-bond donors (Lipinski definition) is 2. The summed E-state index contributed by atoms with van der Waals surface area (Å²) in [6, 6.07) is 1.47. The van der Waals surface area contributed by atoms with E-state index >= 15 is 0 Å². The molecule has 0 saturated carbocycles. The summed E-state index contributed by atoms with van der Waals surface area (Å²) in [5.74, 6) is 0.0935. The van der Waals surface area contributed by atoms with Crippen molar-refractivity contribution in [1.82, 2.24) is 14.9 Å². The van der Waals surface area contributed by atoms with Gasteiger partial charge in [-0.25, -0.2) is 14.8 Å². The van der Waals surface area contributed by atoms with Gasteiger partial charge in [-0.2, -0.15) is 0 Å². The average Bonchev–Trinajstić information content (AvgIpc) is 2.74. The minimum absolute atomic E-state index is 0.0376. The Balaban J connectivity index is 1.87. The van der Waals surface area contributed by atoms with Crippen molar-refractivity contribution in [2.75, 3.05) is 32.0 Å². The predicted molar refractivity (Wildman–Crippen MR) is 72.4 cm³/mol. The van der Waals surface area contributed by atoms with Crippen molar-refractivity contribution in [2.45, 2.75) is 19.8 Å². The van der Waals surface area contributed by atoms with Crippen molar-refractivity contribution < 1.29 is 9.90 Å². The van der Waals surface area contributed by atoms with Gasteiger partial charge < -0.3 is 15.3 Å². The lowest BCUT2D eigenvalue weighted by molar-refractivity contribution is 0.0690. The van der Waals surface area contributed by atoms with Crippen LogP contribution in [-0.2, 0) is 0 Å². The number of aryl methyl sites for hydroxylation is 1. The van der Waals surface area contributed by atoms with Gasteiger partial charge in [0, 0.05) is 18.8 Å². The first-order valence-corrected chi connectivity index (χ1v) is 6.56. The molecular weight excluding hydrogens is 244 g/mol. The Hall–Kier alpha value is -1.69. The molecule has 1 saturated heterocycles. The fraction of sp³-hybridized carbons (Fsp3) is 0.615. The van der Waals surface area contributed by atoms with Gasteiger partial charge in [0.25, 0.3) is 0 Å². The molecule has 0 bridgehead atoms. The zero-order chi connectivity index (χ0) is 13.8. The molecule has 1 aromatic heterocycles. The van der Waals surface area contributed by atoms with Gasteiger partial charge in [-0.15, -0.1) is 0 Å². The number of aromatic nitrogens is 2. The van der Waals surface area contributed by atoms with Crippen LogP contribution in [-0.4, -0.2) is 52.6 Å². The maximum Gasteiger partial charge on any atom is 0.354 e. The van der Waals surface area contributed by atoms with Crippen LogP contribution >= 0.6 is 0 Å². The SMILES string of the molecule is Cc1cc(C(=O)O)nc(NCCC2CCN(C)C2)n1. The van der Waals surface area contributed by atoms with Gasteiger partial charge in [0.15, 0.2) is 5.69 Å². The summed E-state index contributed by atoms with van der Waals surface area (Å²) in [6.45, 7) is 4.84. The van der Waals surface area contributed by atoms with Gasteiger partial charge in [-0.3, -0.25) is 0 Å². The van der Waals surface area contributed by atoms with Crippen molar-refractivity contribution >= 4 is 11.9 Å². The van der Waals surface area contributed by atoms with Crippen LogP contribution in [0.3, 0.4) is 0 Å². The third-order valence-electron chi connectivity index (χ3n) is 3.40. The average molecular weight is 264 g/mol. The summed E-state index contributed by atoms with van der Waals surface area (Å²) in [4.78, 5) is 21.4. The molecule has 0 aromatic carbocycles. The largest absolute Gasteiger partial charge is 0.477 e. The number of carbonyl (C=O) groups is 1. The Labute approximate surface area is 112 Å². The minimum Gasteiger partial charge on any atom is -0.477 e. The Kier molecular flexibility index (Phi) is 4.31. The maximum atomic E-state index is 10.9. The van der Waals surface area contributed by atoms with E-state index in [2.05, 4.69) is 27.2 Å². The number of hydrogen-bond acceptors (Lipinski definition) is 5. The lowest BCUT2D eigenvalue weighted by Gasteiger charge is -2.11. The van der Waals surface area contributed by atoms with Crippen LogP contribution in [0.1, 0.15) is 29.0 Å². The summed E-state index contributed by atoms with van der Waals surface area (Å²) >= 11 is 0. The molecule has 1 aromatic rings. The van der Waals surface area contributed by atoms with Gasteiger partial charge in [-0.1, -0.05) is 0 Å². The molecule has 2 N–H and O–H groups in total. The molecule has 2 rings (SSSR count). The van der Waals surface area contributed by atoms with Crippen LogP contribution in [0.4, 0.5) is 5.95 Å². The highest BCUT2D eigenvalue weighted by Gasteiger charge is 2.18. The highest BCUT2D eigenvalue weighted by molar-refractivity contribution is 5.85. The number of anilines is 1. The molecule has 0 radical (unpaired) electrons. The number of nitrogens with one attached hydrogen (secondary N) is 1. The lowest BCUT2D eigenvalue weighted by atomic mass is 10.1. The van der Waals surface area contributed by atoms with Gasteiger partial charge in [0.2, 0.25) is 5.95 Å². The summed E-state index contributed by atoms with van der Waals surface area (Å²) in [6.07, 6.45) is 2.29. The molecule has 1 fully saturated rings. The van der Waals surface area contributed by atoms with Gasteiger partial charge in [-0.05, 0) is 45.3 Å². The van der Waals surface area contributed by atoms with Gasteiger partial charge >= 0.3 is 5.97 Å². The molecule has 6 nitrogen and oxygen atoms in total. The number of aromatic carboxylic acids is 1. The first-order valence-electron chi connectivity index (χ1n) is 6.56. The van der Waals surface area contributed by atoms with Crippen molar-refractivity contribution in [3.05, 3.63) is 17.5 Å². The van der Waals surface area contributed by atoms with E-state index in [1.165, 1.54) is 12.5 Å². The Morgan fingerprint density at radius 2 is 2.37 bits per heavy atom. The Bertz CT molecular complexity index is 464. The molecule has 1 unspecified atom stereocenters. The van der Waals surface area contributed by atoms with E-state index in [1.54, 1.807) is 6.92 Å². The second kappa shape index (κ2) is 5.97. The topological polar surface area (TPSA) is 78.3 Å². The normalized spacial score (nSPS) is 19.6. The molecule has 1 aliphatic rings. The van der Waals surface area contributed by atoms with Crippen LogP contribution in [0, 0.1) is 12.8 Å². The van der Waals surface area contributed by atoms with E-state index in [4.69, 9.17) is 5.11 Å². The first-order chi connectivity index (χ1) is 9.04. The van der Waals surface area contributed by atoms with Gasteiger partial charge in [0.05, 0.1) is 0 Å². The first kappa shape index (κ1) is 13.7. The van der Waals surface area contributed by atoms with Crippen molar-refractivity contribution in [3.63, 3.8) is 0 Å². The summed E-state index contributed by atoms with van der Waals surface area (Å²) in [5.41, 5.74) is 0.700.